The minimum absolute atomic E-state index is 0.0442. The molecule has 128 valence electrons. The standard InChI is InChI=1S/C18H13F3N2OS/c1-11-5-7-12(8-6-11)9-15-16(24)23(17(25)22-15)14-4-2-3-13(10-14)18(19,20)21/h2-10H,1H3,(H,22,25)/b15-9+. The van der Waals surface area contributed by atoms with Crippen LogP contribution in [0.1, 0.15) is 16.7 Å². The lowest BCUT2D eigenvalue weighted by molar-refractivity contribution is -0.137. The second-order valence-corrected chi connectivity index (χ2v) is 5.97. The second-order valence-electron chi connectivity index (χ2n) is 5.59. The van der Waals surface area contributed by atoms with Crippen molar-refractivity contribution in [2.75, 3.05) is 4.90 Å². The van der Waals surface area contributed by atoms with E-state index in [1.54, 1.807) is 6.08 Å². The number of carbonyl (C=O) groups excluding carboxylic acids is 1. The van der Waals surface area contributed by atoms with E-state index in [1.165, 1.54) is 12.1 Å². The SMILES string of the molecule is Cc1ccc(/C=C2/NC(=S)N(c3cccc(C(F)(F)F)c3)C2=O)cc1. The number of thiocarbonyl (C=S) groups is 1. The van der Waals surface area contributed by atoms with Crippen molar-refractivity contribution in [2.45, 2.75) is 13.1 Å². The number of aryl methyl sites for hydroxylation is 1. The molecule has 0 atom stereocenters. The van der Waals surface area contributed by atoms with Gasteiger partial charge in [0.15, 0.2) is 5.11 Å². The number of nitrogens with zero attached hydrogens (tertiary/aromatic N) is 1. The number of rotatable bonds is 2. The highest BCUT2D eigenvalue weighted by Gasteiger charge is 2.35. The zero-order valence-corrected chi connectivity index (χ0v) is 13.9. The summed E-state index contributed by atoms with van der Waals surface area (Å²) in [4.78, 5) is 13.6. The van der Waals surface area contributed by atoms with Gasteiger partial charge in [0.1, 0.15) is 5.70 Å². The van der Waals surface area contributed by atoms with Crippen LogP contribution in [0.5, 0.6) is 0 Å². The maximum absolute atomic E-state index is 12.9. The Kier molecular flexibility index (Phi) is 4.34. The minimum atomic E-state index is -4.49. The van der Waals surface area contributed by atoms with E-state index in [0.29, 0.717) is 0 Å². The van der Waals surface area contributed by atoms with Crippen LogP contribution in [-0.4, -0.2) is 11.0 Å². The first kappa shape index (κ1) is 17.2. The predicted molar refractivity (Wildman–Crippen MR) is 93.8 cm³/mol. The molecule has 25 heavy (non-hydrogen) atoms. The summed E-state index contributed by atoms with van der Waals surface area (Å²) in [5, 5.41) is 2.81. The van der Waals surface area contributed by atoms with Gasteiger partial charge in [0.25, 0.3) is 5.91 Å². The Bertz CT molecular complexity index is 873. The van der Waals surface area contributed by atoms with E-state index in [0.717, 1.165) is 28.2 Å². The average molecular weight is 362 g/mol. The summed E-state index contributed by atoms with van der Waals surface area (Å²) >= 11 is 5.12. The molecule has 0 aromatic heterocycles. The fraction of sp³-hybridized carbons (Fsp3) is 0.111. The normalized spacial score (nSPS) is 16.5. The molecule has 0 saturated carbocycles. The fourth-order valence-corrected chi connectivity index (χ4v) is 2.72. The van der Waals surface area contributed by atoms with Crippen LogP contribution >= 0.6 is 12.2 Å². The molecule has 1 aliphatic heterocycles. The molecule has 3 nitrogen and oxygen atoms in total. The quantitative estimate of drug-likeness (QED) is 0.639. The number of halogens is 3. The fourth-order valence-electron chi connectivity index (χ4n) is 2.42. The minimum Gasteiger partial charge on any atom is -0.327 e. The Morgan fingerprint density at radius 1 is 1.12 bits per heavy atom. The molecule has 1 fully saturated rings. The highest BCUT2D eigenvalue weighted by Crippen LogP contribution is 2.32. The number of benzene rings is 2. The van der Waals surface area contributed by atoms with E-state index < -0.39 is 17.6 Å². The smallest absolute Gasteiger partial charge is 0.327 e. The average Bonchev–Trinajstić information content (AvgIpc) is 2.83. The van der Waals surface area contributed by atoms with Crippen molar-refractivity contribution in [3.63, 3.8) is 0 Å². The van der Waals surface area contributed by atoms with Crippen LogP contribution in [-0.2, 0) is 11.0 Å². The van der Waals surface area contributed by atoms with Crippen molar-refractivity contribution < 1.29 is 18.0 Å². The van der Waals surface area contributed by atoms with E-state index in [4.69, 9.17) is 12.2 Å². The molecule has 1 saturated heterocycles. The molecule has 2 aromatic carbocycles. The zero-order chi connectivity index (χ0) is 18.2. The van der Waals surface area contributed by atoms with Crippen LogP contribution in [0.15, 0.2) is 54.2 Å². The van der Waals surface area contributed by atoms with Crippen molar-refractivity contribution >= 4 is 35.0 Å². The van der Waals surface area contributed by atoms with Crippen molar-refractivity contribution in [3.05, 3.63) is 70.9 Å². The molecule has 1 heterocycles. The molecule has 7 heteroatoms. The molecule has 0 spiro atoms. The highest BCUT2D eigenvalue weighted by molar-refractivity contribution is 7.80. The van der Waals surface area contributed by atoms with E-state index in [1.807, 2.05) is 31.2 Å². The second kappa shape index (κ2) is 6.33. The molecule has 0 unspecified atom stereocenters. The van der Waals surface area contributed by atoms with Gasteiger partial charge in [-0.1, -0.05) is 35.9 Å². The topological polar surface area (TPSA) is 32.3 Å². The van der Waals surface area contributed by atoms with Crippen LogP contribution < -0.4 is 10.2 Å². The Morgan fingerprint density at radius 3 is 2.44 bits per heavy atom. The van der Waals surface area contributed by atoms with Crippen LogP contribution in [0.3, 0.4) is 0 Å². The summed E-state index contributed by atoms with van der Waals surface area (Å²) in [6.07, 6.45) is -2.88. The van der Waals surface area contributed by atoms with Gasteiger partial charge in [0.05, 0.1) is 11.3 Å². The molecular formula is C18H13F3N2OS. The zero-order valence-electron chi connectivity index (χ0n) is 13.1. The van der Waals surface area contributed by atoms with Gasteiger partial charge < -0.3 is 5.32 Å². The van der Waals surface area contributed by atoms with Gasteiger partial charge >= 0.3 is 6.18 Å². The number of hydrogen-bond acceptors (Lipinski definition) is 2. The Hall–Kier alpha value is -2.67. The van der Waals surface area contributed by atoms with Gasteiger partial charge in [0.2, 0.25) is 0 Å². The number of carbonyl (C=O) groups is 1. The van der Waals surface area contributed by atoms with E-state index in [9.17, 15) is 18.0 Å². The molecule has 0 bridgehead atoms. The summed E-state index contributed by atoms with van der Waals surface area (Å²) in [6, 6.07) is 12.0. The first-order chi connectivity index (χ1) is 11.8. The Morgan fingerprint density at radius 2 is 1.80 bits per heavy atom. The van der Waals surface area contributed by atoms with Crippen molar-refractivity contribution in [2.24, 2.45) is 0 Å². The van der Waals surface area contributed by atoms with Gasteiger partial charge in [-0.25, -0.2) is 0 Å². The molecule has 2 aromatic rings. The van der Waals surface area contributed by atoms with E-state index in [-0.39, 0.29) is 16.5 Å². The first-order valence-corrected chi connectivity index (χ1v) is 7.77. The number of nitrogens with one attached hydrogen (secondary N) is 1. The van der Waals surface area contributed by atoms with Gasteiger partial charge in [-0.05, 0) is 49.0 Å². The molecular weight excluding hydrogens is 349 g/mol. The van der Waals surface area contributed by atoms with Gasteiger partial charge in [-0.3, -0.25) is 9.69 Å². The lowest BCUT2D eigenvalue weighted by atomic mass is 10.1. The molecule has 1 amide bonds. The maximum atomic E-state index is 12.9. The van der Waals surface area contributed by atoms with Crippen molar-refractivity contribution in [3.8, 4) is 0 Å². The summed E-state index contributed by atoms with van der Waals surface area (Å²) in [5.41, 5.74) is 1.32. The molecule has 1 aliphatic rings. The Balaban J connectivity index is 1.93. The summed E-state index contributed by atoms with van der Waals surface area (Å²) in [6.45, 7) is 1.94. The predicted octanol–water partition coefficient (Wildman–Crippen LogP) is 4.28. The van der Waals surface area contributed by atoms with Crippen LogP contribution in [0.4, 0.5) is 18.9 Å². The highest BCUT2D eigenvalue weighted by atomic mass is 32.1. The Labute approximate surface area is 147 Å². The third-order valence-corrected chi connectivity index (χ3v) is 3.98. The maximum Gasteiger partial charge on any atom is 0.416 e. The van der Waals surface area contributed by atoms with Crippen LogP contribution in [0.2, 0.25) is 0 Å². The number of anilines is 1. The first-order valence-electron chi connectivity index (χ1n) is 7.37. The van der Waals surface area contributed by atoms with Crippen molar-refractivity contribution in [1.29, 1.82) is 0 Å². The third-order valence-electron chi connectivity index (χ3n) is 3.70. The van der Waals surface area contributed by atoms with Crippen LogP contribution in [0.25, 0.3) is 6.08 Å². The summed E-state index contributed by atoms with van der Waals surface area (Å²) in [5.74, 6) is -0.495. The summed E-state index contributed by atoms with van der Waals surface area (Å²) in [7, 11) is 0. The molecule has 3 rings (SSSR count). The van der Waals surface area contributed by atoms with Gasteiger partial charge in [-0.2, -0.15) is 13.2 Å². The van der Waals surface area contributed by atoms with Gasteiger partial charge in [0, 0.05) is 0 Å². The van der Waals surface area contributed by atoms with E-state index >= 15 is 0 Å². The summed E-state index contributed by atoms with van der Waals surface area (Å²) < 4.78 is 38.6. The molecule has 1 N–H and O–H groups in total. The molecule has 0 aliphatic carbocycles. The van der Waals surface area contributed by atoms with Gasteiger partial charge in [-0.15, -0.1) is 0 Å². The number of amides is 1. The van der Waals surface area contributed by atoms with E-state index in [2.05, 4.69) is 5.32 Å². The third kappa shape index (κ3) is 3.56. The number of hydrogen-bond donors (Lipinski definition) is 1. The number of alkyl halides is 3. The lowest BCUT2D eigenvalue weighted by Crippen LogP contribution is -2.30. The lowest BCUT2D eigenvalue weighted by Gasteiger charge is -2.16. The largest absolute Gasteiger partial charge is 0.416 e. The molecule has 0 radical (unpaired) electrons. The monoisotopic (exact) mass is 362 g/mol. The van der Waals surface area contributed by atoms with Crippen molar-refractivity contribution in [1.82, 2.24) is 5.32 Å². The van der Waals surface area contributed by atoms with Crippen LogP contribution in [0, 0.1) is 6.92 Å².